The molecule has 2 heterocycles. The van der Waals surface area contributed by atoms with Crippen LogP contribution in [0.3, 0.4) is 0 Å². The predicted octanol–water partition coefficient (Wildman–Crippen LogP) is 1.61. The summed E-state index contributed by atoms with van der Waals surface area (Å²) in [6.07, 6.45) is -4.93. The van der Waals surface area contributed by atoms with Crippen LogP contribution in [0.1, 0.15) is 5.69 Å². The number of halogens is 3. The number of alkyl halides is 3. The maximum atomic E-state index is 12.2. The molecule has 0 aromatic carbocycles. The van der Waals surface area contributed by atoms with Crippen LogP contribution in [-0.4, -0.2) is 23.2 Å². The third-order valence-corrected chi connectivity index (χ3v) is 1.75. The molecule has 89 valence electrons. The topological polar surface area (TPSA) is 51.4 Å². The largest absolute Gasteiger partial charge is 0.439 e. The zero-order valence-corrected chi connectivity index (χ0v) is 10.1. The van der Waals surface area contributed by atoms with Gasteiger partial charge < -0.3 is 10.4 Å². The Morgan fingerprint density at radius 1 is 1.31 bits per heavy atom. The molecule has 1 atom stereocenters. The summed E-state index contributed by atoms with van der Waals surface area (Å²) >= 11 is 0. The molecular formula is C8H6F3IrN4-. The molecule has 16 heavy (non-hydrogen) atoms. The summed E-state index contributed by atoms with van der Waals surface area (Å²) in [5, 5.41) is 0. The van der Waals surface area contributed by atoms with Gasteiger partial charge in [-0.2, -0.15) is 13.2 Å². The predicted molar refractivity (Wildman–Crippen MR) is 47.1 cm³/mol. The van der Waals surface area contributed by atoms with Crippen molar-refractivity contribution < 1.29 is 33.3 Å². The quantitative estimate of drug-likeness (QED) is 0.769. The number of rotatable bonds is 1. The average Bonchev–Trinajstić information content (AvgIpc) is 2.67. The van der Waals surface area contributed by atoms with Gasteiger partial charge in [-0.3, -0.25) is 10.4 Å². The van der Waals surface area contributed by atoms with Gasteiger partial charge in [0.1, 0.15) is 6.17 Å². The summed E-state index contributed by atoms with van der Waals surface area (Å²) < 4.78 is 36.6. The van der Waals surface area contributed by atoms with E-state index in [4.69, 9.17) is 0 Å². The minimum Gasteiger partial charge on any atom is -0.439 e. The van der Waals surface area contributed by atoms with Gasteiger partial charge in [-0.1, -0.05) is 6.07 Å². The van der Waals surface area contributed by atoms with Gasteiger partial charge in [-0.25, -0.2) is 0 Å². The summed E-state index contributed by atoms with van der Waals surface area (Å²) in [5.74, 6) is -0.0297. The van der Waals surface area contributed by atoms with Crippen molar-refractivity contribution in [1.82, 2.24) is 10.4 Å². The van der Waals surface area contributed by atoms with Crippen LogP contribution < -0.4 is 5.43 Å². The summed E-state index contributed by atoms with van der Waals surface area (Å²) in [6.45, 7) is 0. The van der Waals surface area contributed by atoms with Crippen LogP contribution in [0, 0.1) is 0 Å². The number of hydrogen-bond donors (Lipinski definition) is 1. The first kappa shape index (κ1) is 13.1. The molecule has 2 rings (SSSR count). The zero-order valence-electron chi connectivity index (χ0n) is 7.70. The van der Waals surface area contributed by atoms with E-state index in [2.05, 4.69) is 15.4 Å². The third-order valence-electron chi connectivity index (χ3n) is 1.75. The van der Waals surface area contributed by atoms with Crippen molar-refractivity contribution in [2.45, 2.75) is 12.3 Å². The van der Waals surface area contributed by atoms with Crippen LogP contribution in [0.25, 0.3) is 5.43 Å². The molecule has 1 aromatic rings. The Bertz CT molecular complexity index is 379. The van der Waals surface area contributed by atoms with Crippen LogP contribution >= 0.6 is 0 Å². The normalized spacial score (nSPS) is 19.7. The van der Waals surface area contributed by atoms with Crippen molar-refractivity contribution in [1.29, 1.82) is 0 Å². The molecule has 1 N–H and O–H groups in total. The van der Waals surface area contributed by atoms with Gasteiger partial charge in [-0.05, 0) is 18.0 Å². The molecule has 0 bridgehead atoms. The number of aliphatic imine (C=N–C) groups is 1. The van der Waals surface area contributed by atoms with Crippen LogP contribution in [0.5, 0.6) is 0 Å². The molecule has 1 aliphatic heterocycles. The number of nitrogens with zero attached hydrogens (tertiary/aromatic N) is 3. The monoisotopic (exact) mass is 408 g/mol. The first-order chi connectivity index (χ1) is 7.07. The van der Waals surface area contributed by atoms with E-state index in [1.54, 1.807) is 18.2 Å². The van der Waals surface area contributed by atoms with E-state index < -0.39 is 12.3 Å². The number of nitrogens with one attached hydrogen (secondary N) is 1. The maximum absolute atomic E-state index is 12.2. The van der Waals surface area contributed by atoms with Gasteiger partial charge in [-0.15, -0.1) is 0 Å². The Balaban J connectivity index is 0.00000128. The second-order valence-electron chi connectivity index (χ2n) is 2.85. The second-order valence-corrected chi connectivity index (χ2v) is 2.85. The van der Waals surface area contributed by atoms with Crippen molar-refractivity contribution in [3.63, 3.8) is 0 Å². The van der Waals surface area contributed by atoms with Crippen molar-refractivity contribution in [2.24, 2.45) is 4.99 Å². The van der Waals surface area contributed by atoms with Gasteiger partial charge in [0.15, 0.2) is 0 Å². The van der Waals surface area contributed by atoms with Crippen molar-refractivity contribution in [2.75, 3.05) is 0 Å². The molecule has 0 saturated carbocycles. The van der Waals surface area contributed by atoms with Gasteiger partial charge in [0.25, 0.3) is 0 Å². The van der Waals surface area contributed by atoms with Crippen LogP contribution in [0.2, 0.25) is 0 Å². The second kappa shape index (κ2) is 4.90. The molecule has 1 aliphatic rings. The zero-order chi connectivity index (χ0) is 10.9. The van der Waals surface area contributed by atoms with E-state index in [0.717, 1.165) is 0 Å². The Hall–Kier alpha value is -0.981. The van der Waals surface area contributed by atoms with E-state index >= 15 is 0 Å². The number of amidine groups is 1. The van der Waals surface area contributed by atoms with Crippen molar-refractivity contribution in [3.05, 3.63) is 35.5 Å². The first-order valence-electron chi connectivity index (χ1n) is 4.09. The smallest absolute Gasteiger partial charge is 0.403 e. The molecule has 0 aliphatic carbocycles. The molecule has 1 aromatic heterocycles. The SMILES string of the molecule is FC(F)(F)C1N=C(c2ccccn2)[N-]N1.[Ir]. The van der Waals surface area contributed by atoms with Crippen LogP contribution in [-0.2, 0) is 20.1 Å². The van der Waals surface area contributed by atoms with E-state index in [1.807, 2.05) is 5.43 Å². The molecule has 8 heteroatoms. The fourth-order valence-electron chi connectivity index (χ4n) is 1.07. The number of pyridine rings is 1. The van der Waals surface area contributed by atoms with Crippen molar-refractivity contribution >= 4 is 5.84 Å². The number of hydrogen-bond acceptors (Lipinski definition) is 3. The fourth-order valence-corrected chi connectivity index (χ4v) is 1.07. The number of aromatic nitrogens is 1. The molecule has 0 amide bonds. The van der Waals surface area contributed by atoms with E-state index in [9.17, 15) is 13.2 Å². The molecule has 0 fully saturated rings. The van der Waals surface area contributed by atoms with Crippen LogP contribution in [0.15, 0.2) is 29.4 Å². The van der Waals surface area contributed by atoms with E-state index in [1.165, 1.54) is 6.20 Å². The molecule has 0 spiro atoms. The Morgan fingerprint density at radius 2 is 2.06 bits per heavy atom. The molecule has 0 saturated heterocycles. The van der Waals surface area contributed by atoms with Gasteiger partial charge in [0.2, 0.25) is 0 Å². The summed E-state index contributed by atoms with van der Waals surface area (Å²) in [6, 6.07) is 4.86. The Morgan fingerprint density at radius 3 is 2.56 bits per heavy atom. The van der Waals surface area contributed by atoms with Crippen molar-refractivity contribution in [3.8, 4) is 0 Å². The third kappa shape index (κ3) is 2.78. The molecule has 1 unspecified atom stereocenters. The average molecular weight is 407 g/mol. The molecular weight excluding hydrogens is 401 g/mol. The standard InChI is InChI=1S/C8H6F3N4.Ir/c9-8(10,11)7-13-6(14-15-7)5-3-1-2-4-12-5;/h1-4,7,15H;/q-1;. The van der Waals surface area contributed by atoms with Gasteiger partial charge in [0.05, 0.1) is 5.69 Å². The minimum atomic E-state index is -4.43. The summed E-state index contributed by atoms with van der Waals surface area (Å²) in [4.78, 5) is 7.23. The minimum absolute atomic E-state index is 0. The van der Waals surface area contributed by atoms with Gasteiger partial charge in [0, 0.05) is 26.3 Å². The first-order valence-corrected chi connectivity index (χ1v) is 4.09. The summed E-state index contributed by atoms with van der Waals surface area (Å²) in [5.41, 5.74) is 5.69. The molecule has 1 radical (unpaired) electrons. The Kier molecular flexibility index (Phi) is 4.01. The molecule has 4 nitrogen and oxygen atoms in total. The summed E-state index contributed by atoms with van der Waals surface area (Å²) in [7, 11) is 0. The van der Waals surface area contributed by atoms with E-state index in [0.29, 0.717) is 5.69 Å². The fraction of sp³-hybridized carbons (Fsp3) is 0.250. The maximum Gasteiger partial charge on any atom is 0.403 e. The van der Waals surface area contributed by atoms with Crippen LogP contribution in [0.4, 0.5) is 13.2 Å². The Labute approximate surface area is 103 Å². The van der Waals surface area contributed by atoms with E-state index in [-0.39, 0.29) is 25.9 Å². The van der Waals surface area contributed by atoms with Gasteiger partial charge >= 0.3 is 6.18 Å².